The van der Waals surface area contributed by atoms with Gasteiger partial charge in [0.2, 0.25) is 0 Å². The number of aromatic nitrogens is 3. The van der Waals surface area contributed by atoms with E-state index in [2.05, 4.69) is 21.1 Å². The largest absolute Gasteiger partial charge is 0.492 e. The molecule has 1 amide bonds. The van der Waals surface area contributed by atoms with Gasteiger partial charge in [0.05, 0.1) is 30.1 Å². The normalized spacial score (nSPS) is 15.5. The van der Waals surface area contributed by atoms with Crippen molar-refractivity contribution in [3.05, 3.63) is 42.4 Å². The molecule has 1 aliphatic rings. The van der Waals surface area contributed by atoms with Crippen LogP contribution in [0.1, 0.15) is 32.3 Å². The number of piperidine rings is 1. The number of carbonyl (C=O) groups is 1. The highest BCUT2D eigenvalue weighted by Gasteiger charge is 2.33. The first-order chi connectivity index (χ1) is 14.9. The number of rotatable bonds is 5. The first kappa shape index (κ1) is 20.5. The Morgan fingerprint density at radius 1 is 1.32 bits per heavy atom. The summed E-state index contributed by atoms with van der Waals surface area (Å²) in [5.41, 5.74) is 7.56. The van der Waals surface area contributed by atoms with Crippen LogP contribution in [-0.4, -0.2) is 46.0 Å². The van der Waals surface area contributed by atoms with Crippen LogP contribution in [0.3, 0.4) is 0 Å². The van der Waals surface area contributed by atoms with Crippen molar-refractivity contribution in [2.45, 2.75) is 32.3 Å². The van der Waals surface area contributed by atoms with E-state index in [0.29, 0.717) is 43.9 Å². The molecular weight excluding hydrogens is 396 g/mol. The molecule has 0 aromatic carbocycles. The molecule has 4 rings (SSSR count). The summed E-state index contributed by atoms with van der Waals surface area (Å²) in [6, 6.07) is 8.05. The summed E-state index contributed by atoms with van der Waals surface area (Å²) < 4.78 is 12.6. The summed E-state index contributed by atoms with van der Waals surface area (Å²) in [7, 11) is 0. The molecule has 9 nitrogen and oxygen atoms in total. The number of amides is 1. The Bertz CT molecular complexity index is 1140. The summed E-state index contributed by atoms with van der Waals surface area (Å²) in [6.07, 6.45) is 5.73. The number of nitrogens with zero attached hydrogens (tertiary/aromatic N) is 5. The molecule has 0 atom stereocenters. The quantitative estimate of drug-likeness (QED) is 0.673. The Kier molecular flexibility index (Phi) is 5.38. The van der Waals surface area contributed by atoms with Crippen molar-refractivity contribution < 1.29 is 14.3 Å². The minimum Gasteiger partial charge on any atom is -0.492 e. The molecule has 2 N–H and O–H groups in total. The van der Waals surface area contributed by atoms with Crippen molar-refractivity contribution in [1.29, 1.82) is 5.26 Å². The van der Waals surface area contributed by atoms with Crippen LogP contribution in [0, 0.1) is 11.3 Å². The van der Waals surface area contributed by atoms with Crippen LogP contribution in [0.5, 0.6) is 5.75 Å². The third-order valence-electron chi connectivity index (χ3n) is 5.57. The zero-order valence-electron chi connectivity index (χ0n) is 17.5. The molecule has 0 aliphatic carbocycles. The minimum atomic E-state index is -0.740. The highest BCUT2D eigenvalue weighted by atomic mass is 16.6. The third-order valence-corrected chi connectivity index (χ3v) is 5.57. The maximum Gasteiger partial charge on any atom is 0.405 e. The van der Waals surface area contributed by atoms with E-state index in [0.717, 1.165) is 22.5 Å². The summed E-state index contributed by atoms with van der Waals surface area (Å²) in [5.74, 6) is 1.52. The van der Waals surface area contributed by atoms with Gasteiger partial charge in [-0.05, 0) is 32.0 Å². The first-order valence-electron chi connectivity index (χ1n) is 10.2. The zero-order valence-corrected chi connectivity index (χ0v) is 17.5. The van der Waals surface area contributed by atoms with Gasteiger partial charge in [0.25, 0.3) is 0 Å². The second kappa shape index (κ2) is 8.14. The lowest BCUT2D eigenvalue weighted by Crippen LogP contribution is -2.46. The Balaban J connectivity index is 1.60. The molecule has 0 radical (unpaired) electrons. The summed E-state index contributed by atoms with van der Waals surface area (Å²) in [6.45, 7) is 5.77. The van der Waals surface area contributed by atoms with Crippen LogP contribution in [0.4, 0.5) is 10.6 Å². The number of anilines is 1. The average molecular weight is 420 g/mol. The molecule has 1 fully saturated rings. The van der Waals surface area contributed by atoms with Crippen LogP contribution in [-0.2, 0) is 4.74 Å². The van der Waals surface area contributed by atoms with Crippen molar-refractivity contribution in [2.75, 3.05) is 24.6 Å². The average Bonchev–Trinajstić information content (AvgIpc) is 3.16. The van der Waals surface area contributed by atoms with Gasteiger partial charge in [0.1, 0.15) is 23.2 Å². The number of fused-ring (bicyclic) bond motifs is 1. The molecule has 0 unspecified atom stereocenters. The van der Waals surface area contributed by atoms with E-state index < -0.39 is 11.7 Å². The van der Waals surface area contributed by atoms with Gasteiger partial charge in [-0.3, -0.25) is 0 Å². The highest BCUT2D eigenvalue weighted by Crippen LogP contribution is 2.32. The van der Waals surface area contributed by atoms with Gasteiger partial charge < -0.3 is 20.1 Å². The van der Waals surface area contributed by atoms with Gasteiger partial charge in [-0.2, -0.15) is 10.4 Å². The summed E-state index contributed by atoms with van der Waals surface area (Å²) >= 11 is 0. The minimum absolute atomic E-state index is 0.492. The van der Waals surface area contributed by atoms with Crippen molar-refractivity contribution in [2.24, 2.45) is 5.73 Å². The summed E-state index contributed by atoms with van der Waals surface area (Å²) in [5, 5.41) is 13.8. The highest BCUT2D eigenvalue weighted by molar-refractivity contribution is 5.85. The van der Waals surface area contributed by atoms with E-state index in [-0.39, 0.29) is 0 Å². The Labute approximate surface area is 180 Å². The maximum absolute atomic E-state index is 11.1. The molecule has 0 bridgehead atoms. The van der Waals surface area contributed by atoms with Crippen LogP contribution in [0.25, 0.3) is 16.6 Å². The van der Waals surface area contributed by atoms with Crippen LogP contribution in [0.15, 0.2) is 36.8 Å². The molecule has 31 heavy (non-hydrogen) atoms. The number of pyridine rings is 2. The topological polar surface area (TPSA) is 119 Å². The van der Waals surface area contributed by atoms with Crippen LogP contribution < -0.4 is 15.4 Å². The Hall–Kier alpha value is -3.80. The molecule has 0 spiro atoms. The molecule has 1 aliphatic heterocycles. The second-order valence-electron chi connectivity index (χ2n) is 7.75. The molecular formula is C22H24N6O3. The maximum atomic E-state index is 11.1. The smallest absolute Gasteiger partial charge is 0.405 e. The second-order valence-corrected chi connectivity index (χ2v) is 7.75. The van der Waals surface area contributed by atoms with Gasteiger partial charge in [-0.25, -0.2) is 14.3 Å². The monoisotopic (exact) mass is 420 g/mol. The lowest BCUT2D eigenvalue weighted by molar-refractivity contribution is 0.0126. The number of hydrogen-bond donors (Lipinski definition) is 1. The zero-order chi connectivity index (χ0) is 22.0. The fourth-order valence-electron chi connectivity index (χ4n) is 3.93. The van der Waals surface area contributed by atoms with Crippen LogP contribution >= 0.6 is 0 Å². The fourth-order valence-corrected chi connectivity index (χ4v) is 3.93. The lowest BCUT2D eigenvalue weighted by Gasteiger charge is -2.38. The lowest BCUT2D eigenvalue weighted by atomic mass is 9.93. The first-order valence-corrected chi connectivity index (χ1v) is 10.2. The molecule has 9 heteroatoms. The molecule has 0 saturated carbocycles. The third kappa shape index (κ3) is 4.10. The Morgan fingerprint density at radius 2 is 2.10 bits per heavy atom. The van der Waals surface area contributed by atoms with Crippen LogP contribution in [0.2, 0.25) is 0 Å². The van der Waals surface area contributed by atoms with E-state index in [1.807, 2.05) is 32.0 Å². The van der Waals surface area contributed by atoms with E-state index >= 15 is 0 Å². The van der Waals surface area contributed by atoms with Crippen molar-refractivity contribution in [1.82, 2.24) is 14.6 Å². The van der Waals surface area contributed by atoms with E-state index in [1.165, 1.54) is 0 Å². The number of carbonyl (C=O) groups excluding carboxylic acids is 1. The van der Waals surface area contributed by atoms with E-state index in [4.69, 9.17) is 15.2 Å². The predicted octanol–water partition coefficient (Wildman–Crippen LogP) is 3.12. The SMILES string of the molecule is CCOc1cc(-c2ccc(N3CCC(C)(OC(N)=O)CC3)nc2)c2c(C#N)cnn2c1. The number of ether oxygens (including phenoxy) is 2. The fraction of sp³-hybridized carbons (Fsp3) is 0.364. The Morgan fingerprint density at radius 3 is 2.71 bits per heavy atom. The van der Waals surface area contributed by atoms with Crippen molar-refractivity contribution in [3.63, 3.8) is 0 Å². The molecule has 160 valence electrons. The molecule has 1 saturated heterocycles. The predicted molar refractivity (Wildman–Crippen MR) is 115 cm³/mol. The molecule has 3 aromatic rings. The van der Waals surface area contributed by atoms with Crippen molar-refractivity contribution in [3.8, 4) is 22.9 Å². The number of nitrogens with two attached hydrogens (primary N) is 1. The molecule has 4 heterocycles. The van der Waals surface area contributed by atoms with Gasteiger partial charge in [0.15, 0.2) is 0 Å². The molecule has 3 aromatic heterocycles. The number of nitriles is 1. The number of hydrogen-bond acceptors (Lipinski definition) is 7. The van der Waals surface area contributed by atoms with E-state index in [1.54, 1.807) is 23.1 Å². The summed E-state index contributed by atoms with van der Waals surface area (Å²) in [4.78, 5) is 17.9. The van der Waals surface area contributed by atoms with Gasteiger partial charge >= 0.3 is 6.09 Å². The van der Waals surface area contributed by atoms with E-state index in [9.17, 15) is 10.1 Å². The van der Waals surface area contributed by atoms with Gasteiger partial charge in [-0.15, -0.1) is 0 Å². The number of primary amides is 1. The van der Waals surface area contributed by atoms with Gasteiger partial charge in [0, 0.05) is 43.3 Å². The standard InChI is InChI=1S/C22H24N6O3/c1-3-30-17-10-18(20-16(11-23)13-26-28(20)14-17)15-4-5-19(25-12-15)27-8-6-22(2,7-9-27)31-21(24)29/h4-5,10,12-14H,3,6-9H2,1-2H3,(H2,24,29). The van der Waals surface area contributed by atoms with Gasteiger partial charge in [-0.1, -0.05) is 0 Å². The van der Waals surface area contributed by atoms with Crippen molar-refractivity contribution >= 4 is 17.4 Å².